The van der Waals surface area contributed by atoms with Gasteiger partial charge in [-0.3, -0.25) is 19.8 Å². The molecule has 1 saturated heterocycles. The maximum absolute atomic E-state index is 13.3. The number of nitro benzene ring substituents is 1. The SMILES string of the molecule is Cc1cccc(C#CC(=O)N(C)[C@@H]2CC[C@H]3[C@H]4Cc5c([N+](=O)[O-])cc(O)c6c5[C@@]3(CCN4CC3CC3)[C@H]2O6)c1. The van der Waals surface area contributed by atoms with Gasteiger partial charge in [-0.1, -0.05) is 18.1 Å². The number of ether oxygens (including phenoxy) is 1. The van der Waals surface area contributed by atoms with Crippen LogP contribution in [-0.4, -0.2) is 64.1 Å². The van der Waals surface area contributed by atoms with Crippen molar-refractivity contribution in [1.29, 1.82) is 0 Å². The van der Waals surface area contributed by atoms with E-state index in [1.54, 1.807) is 11.9 Å². The molecule has 3 aliphatic carbocycles. The van der Waals surface area contributed by atoms with Gasteiger partial charge in [-0.25, -0.2) is 0 Å². The summed E-state index contributed by atoms with van der Waals surface area (Å²) >= 11 is 0. The highest BCUT2D eigenvalue weighted by atomic mass is 16.6. The summed E-state index contributed by atoms with van der Waals surface area (Å²) in [6.07, 6.45) is 5.23. The van der Waals surface area contributed by atoms with Crippen molar-refractivity contribution >= 4 is 11.6 Å². The van der Waals surface area contributed by atoms with Gasteiger partial charge in [0.25, 0.3) is 11.6 Å². The molecular formula is C31H33N3O5. The quantitative estimate of drug-likeness (QED) is 0.368. The number of carbonyl (C=O) groups is 1. The Balaban J connectivity index is 1.28. The fourth-order valence-corrected chi connectivity index (χ4v) is 8.17. The highest BCUT2D eigenvalue weighted by Gasteiger charge is 2.67. The number of hydrogen-bond donors (Lipinski definition) is 1. The number of nitro groups is 1. The van der Waals surface area contributed by atoms with E-state index in [1.165, 1.54) is 18.9 Å². The molecule has 1 amide bonds. The molecule has 3 fully saturated rings. The van der Waals surface area contributed by atoms with Crippen molar-refractivity contribution in [2.75, 3.05) is 20.1 Å². The average molecular weight is 528 g/mol. The molecule has 1 spiro atoms. The highest BCUT2D eigenvalue weighted by Crippen LogP contribution is 2.65. The lowest BCUT2D eigenvalue weighted by molar-refractivity contribution is -0.385. The number of phenols is 1. The molecule has 39 heavy (non-hydrogen) atoms. The second kappa shape index (κ2) is 8.72. The number of likely N-dealkylation sites (tertiary alicyclic amines) is 1. The normalized spacial score (nSPS) is 30.0. The second-order valence-corrected chi connectivity index (χ2v) is 12.2. The van der Waals surface area contributed by atoms with Crippen LogP contribution in [0.4, 0.5) is 5.69 Å². The number of aryl methyl sites for hydroxylation is 1. The van der Waals surface area contributed by atoms with E-state index in [2.05, 4.69) is 16.7 Å². The molecule has 8 heteroatoms. The first-order valence-electron chi connectivity index (χ1n) is 14.1. The number of rotatable bonds is 4. The summed E-state index contributed by atoms with van der Waals surface area (Å²) in [6.45, 7) is 3.94. The van der Waals surface area contributed by atoms with Gasteiger partial charge in [-0.15, -0.1) is 0 Å². The Morgan fingerprint density at radius 3 is 2.85 bits per heavy atom. The van der Waals surface area contributed by atoms with Crippen LogP contribution in [0.5, 0.6) is 11.5 Å². The van der Waals surface area contributed by atoms with E-state index in [0.717, 1.165) is 55.0 Å². The Labute approximate surface area is 228 Å². The molecule has 0 aromatic heterocycles. The maximum Gasteiger partial charge on any atom is 0.298 e. The first-order valence-corrected chi connectivity index (χ1v) is 14.1. The summed E-state index contributed by atoms with van der Waals surface area (Å²) in [4.78, 5) is 29.4. The zero-order valence-corrected chi connectivity index (χ0v) is 22.4. The van der Waals surface area contributed by atoms with Crippen molar-refractivity contribution in [2.45, 2.75) is 69.1 Å². The number of aromatic hydroxyl groups is 1. The van der Waals surface area contributed by atoms with Gasteiger partial charge < -0.3 is 14.7 Å². The lowest BCUT2D eigenvalue weighted by Gasteiger charge is -2.60. The molecule has 5 aliphatic rings. The Morgan fingerprint density at radius 1 is 1.28 bits per heavy atom. The third-order valence-electron chi connectivity index (χ3n) is 10.0. The number of benzene rings is 2. The summed E-state index contributed by atoms with van der Waals surface area (Å²) in [6, 6.07) is 8.99. The zero-order chi connectivity index (χ0) is 27.1. The zero-order valence-electron chi connectivity index (χ0n) is 22.4. The molecule has 1 N–H and O–H groups in total. The number of amides is 1. The van der Waals surface area contributed by atoms with E-state index in [9.17, 15) is 20.0 Å². The molecule has 2 saturated carbocycles. The summed E-state index contributed by atoms with van der Waals surface area (Å²) in [5, 5.41) is 23.1. The van der Waals surface area contributed by atoms with E-state index in [4.69, 9.17) is 4.74 Å². The van der Waals surface area contributed by atoms with E-state index in [0.29, 0.717) is 17.7 Å². The lowest BCUT2D eigenvalue weighted by atomic mass is 9.50. The Kier molecular flexibility index (Phi) is 5.47. The summed E-state index contributed by atoms with van der Waals surface area (Å²) in [5.74, 6) is 6.77. The Morgan fingerprint density at radius 2 is 2.10 bits per heavy atom. The molecule has 0 unspecified atom stereocenters. The van der Waals surface area contributed by atoms with E-state index in [-0.39, 0.29) is 46.4 Å². The molecule has 0 radical (unpaired) electrons. The van der Waals surface area contributed by atoms with Crippen molar-refractivity contribution in [3.05, 3.63) is 62.7 Å². The first kappa shape index (κ1) is 24.5. The molecule has 2 heterocycles. The van der Waals surface area contributed by atoms with Crippen LogP contribution in [0.2, 0.25) is 0 Å². The van der Waals surface area contributed by atoms with E-state index >= 15 is 0 Å². The largest absolute Gasteiger partial charge is 0.504 e. The first-order chi connectivity index (χ1) is 18.8. The average Bonchev–Trinajstić information content (AvgIpc) is 3.67. The monoisotopic (exact) mass is 527 g/mol. The van der Waals surface area contributed by atoms with Gasteiger partial charge in [0.2, 0.25) is 0 Å². The Hall–Kier alpha value is -3.57. The van der Waals surface area contributed by atoms with Gasteiger partial charge in [-0.05, 0) is 81.5 Å². The third kappa shape index (κ3) is 3.66. The summed E-state index contributed by atoms with van der Waals surface area (Å²) < 4.78 is 6.60. The number of nitrogens with zero attached hydrogens (tertiary/aromatic N) is 3. The minimum Gasteiger partial charge on any atom is -0.504 e. The van der Waals surface area contributed by atoms with Crippen molar-refractivity contribution in [3.8, 4) is 23.3 Å². The molecule has 2 aromatic rings. The van der Waals surface area contributed by atoms with Gasteiger partial charge in [0.1, 0.15) is 6.10 Å². The minimum atomic E-state index is -0.460. The topological polar surface area (TPSA) is 96.2 Å². The standard InChI is InChI=1S/C31H33N3O5/c1-18-4-3-5-19(14-18)8-11-27(36)32(2)23-10-9-22-25-15-21-24(34(37)38)16-26(35)29-28(21)31(22,30(23)39-29)12-13-33(25)17-20-6-7-20/h3-5,14,16,20,22-23,25,30,35H,6-7,9-10,12-13,15,17H2,1-2H3/t22-,23+,25+,30-,31-/m0/s1. The van der Waals surface area contributed by atoms with Crippen molar-refractivity contribution in [2.24, 2.45) is 11.8 Å². The molecule has 2 bridgehead atoms. The van der Waals surface area contributed by atoms with Crippen LogP contribution in [-0.2, 0) is 16.6 Å². The molecule has 2 aromatic carbocycles. The minimum absolute atomic E-state index is 0.0119. The van der Waals surface area contributed by atoms with Crippen LogP contribution in [0.15, 0.2) is 30.3 Å². The molecule has 8 nitrogen and oxygen atoms in total. The fraction of sp³-hybridized carbons (Fsp3) is 0.516. The molecule has 5 atom stereocenters. The van der Waals surface area contributed by atoms with Crippen molar-refractivity contribution in [3.63, 3.8) is 0 Å². The number of hydrogen-bond acceptors (Lipinski definition) is 6. The summed E-state index contributed by atoms with van der Waals surface area (Å²) in [7, 11) is 1.78. The fourth-order valence-electron chi connectivity index (χ4n) is 8.17. The van der Waals surface area contributed by atoms with Crippen LogP contribution in [0.25, 0.3) is 0 Å². The molecular weight excluding hydrogens is 494 g/mol. The molecule has 7 rings (SSSR count). The summed E-state index contributed by atoms with van der Waals surface area (Å²) in [5.41, 5.74) is 2.96. The van der Waals surface area contributed by atoms with Crippen LogP contribution in [0, 0.1) is 40.7 Å². The Bertz CT molecular complexity index is 1460. The van der Waals surface area contributed by atoms with Crippen LogP contribution in [0.3, 0.4) is 0 Å². The van der Waals surface area contributed by atoms with Crippen LogP contribution < -0.4 is 4.74 Å². The van der Waals surface area contributed by atoms with Gasteiger partial charge >= 0.3 is 0 Å². The van der Waals surface area contributed by atoms with Gasteiger partial charge in [0.05, 0.1) is 17.0 Å². The van der Waals surface area contributed by atoms with E-state index in [1.807, 2.05) is 31.2 Å². The van der Waals surface area contributed by atoms with Crippen molar-refractivity contribution < 1.29 is 19.6 Å². The number of piperidine rings is 1. The van der Waals surface area contributed by atoms with Crippen molar-refractivity contribution in [1.82, 2.24) is 9.80 Å². The van der Waals surface area contributed by atoms with Crippen LogP contribution in [0.1, 0.15) is 54.4 Å². The number of phenolic OH excluding ortho intramolecular Hbond substituents is 1. The molecule has 2 aliphatic heterocycles. The second-order valence-electron chi connectivity index (χ2n) is 12.2. The molecule has 202 valence electrons. The van der Waals surface area contributed by atoms with E-state index < -0.39 is 5.41 Å². The van der Waals surface area contributed by atoms with Gasteiger partial charge in [0, 0.05) is 47.7 Å². The number of carbonyl (C=O) groups excluding carboxylic acids is 1. The highest BCUT2D eigenvalue weighted by molar-refractivity contribution is 5.94. The van der Waals surface area contributed by atoms with Gasteiger partial charge in [-0.2, -0.15) is 0 Å². The predicted molar refractivity (Wildman–Crippen MR) is 145 cm³/mol. The van der Waals surface area contributed by atoms with Gasteiger partial charge in [0.15, 0.2) is 11.5 Å². The third-order valence-corrected chi connectivity index (χ3v) is 10.0. The maximum atomic E-state index is 13.3. The lowest BCUT2D eigenvalue weighted by Crippen LogP contribution is -2.69. The van der Waals surface area contributed by atoms with Crippen LogP contribution >= 0.6 is 0 Å². The predicted octanol–water partition coefficient (Wildman–Crippen LogP) is 3.94. The number of likely N-dealkylation sites (N-methyl/N-ethyl adjacent to an activating group) is 1. The smallest absolute Gasteiger partial charge is 0.298 e.